The number of rotatable bonds is 7. The number of carbonyl (C=O) groups is 1. The Kier molecular flexibility index (Phi) is 6.36. The lowest BCUT2D eigenvalue weighted by atomic mass is 10.00. The summed E-state index contributed by atoms with van der Waals surface area (Å²) in [6, 6.07) is 11.8. The van der Waals surface area contributed by atoms with E-state index in [1.807, 2.05) is 36.4 Å². The number of aliphatic hydroxyl groups excluding tert-OH is 1. The lowest BCUT2D eigenvalue weighted by Crippen LogP contribution is -2.28. The molecule has 3 heterocycles. The topological polar surface area (TPSA) is 131 Å². The second-order valence-corrected chi connectivity index (χ2v) is 11.0. The van der Waals surface area contributed by atoms with Crippen molar-refractivity contribution in [2.75, 3.05) is 18.9 Å². The first-order valence-corrected chi connectivity index (χ1v) is 13.0. The van der Waals surface area contributed by atoms with E-state index in [1.54, 1.807) is 12.4 Å². The van der Waals surface area contributed by atoms with Crippen LogP contribution in [0.1, 0.15) is 29.9 Å². The molecule has 10 heteroatoms. The highest BCUT2D eigenvalue weighted by molar-refractivity contribution is 7.88. The molecule has 3 aromatic heterocycles. The zero-order chi connectivity index (χ0) is 23.7. The summed E-state index contributed by atoms with van der Waals surface area (Å²) in [6.45, 7) is -0.0273. The van der Waals surface area contributed by atoms with E-state index in [9.17, 15) is 9.00 Å². The number of nitrogens with one attached hydrogen (secondary N) is 1. The Balaban J connectivity index is 1.60. The highest BCUT2D eigenvalue weighted by atomic mass is 32.2. The van der Waals surface area contributed by atoms with Gasteiger partial charge in [0.1, 0.15) is 9.04 Å². The standard InChI is InChI=1S/C24H23N5O3S2/c25-20-19-17(14-5-2-1-3-6-14)11-18(15-12-27-21(28-13-15)22(31)26-9-10-30)29-23(19)33-24(20)34(32)16-7-4-8-16/h1-3,5-6,11-13,16,30H,4,7-10,25H2,(H,26,31). The Morgan fingerprint density at radius 1 is 1.18 bits per heavy atom. The lowest BCUT2D eigenvalue weighted by molar-refractivity contribution is 0.0934. The van der Waals surface area contributed by atoms with Gasteiger partial charge in [0.25, 0.3) is 5.91 Å². The van der Waals surface area contributed by atoms with Crippen molar-refractivity contribution in [1.82, 2.24) is 20.3 Å². The zero-order valence-electron chi connectivity index (χ0n) is 18.2. The first-order chi connectivity index (χ1) is 16.6. The molecule has 8 nitrogen and oxygen atoms in total. The van der Waals surface area contributed by atoms with Crippen LogP contribution in [-0.2, 0) is 10.8 Å². The maximum absolute atomic E-state index is 13.1. The van der Waals surface area contributed by atoms with Gasteiger partial charge in [0, 0.05) is 35.1 Å². The molecule has 1 atom stereocenters. The van der Waals surface area contributed by atoms with Crippen LogP contribution in [0.3, 0.4) is 0 Å². The normalized spacial score (nSPS) is 14.6. The number of benzene rings is 1. The van der Waals surface area contributed by atoms with E-state index in [1.165, 1.54) is 11.3 Å². The highest BCUT2D eigenvalue weighted by Gasteiger charge is 2.29. The van der Waals surface area contributed by atoms with Gasteiger partial charge in [-0.05, 0) is 30.0 Å². The van der Waals surface area contributed by atoms with Crippen LogP contribution < -0.4 is 11.1 Å². The van der Waals surface area contributed by atoms with Crippen molar-refractivity contribution in [2.45, 2.75) is 28.7 Å². The average molecular weight is 494 g/mol. The molecule has 0 bridgehead atoms. The molecule has 34 heavy (non-hydrogen) atoms. The molecule has 1 aliphatic rings. The molecule has 4 N–H and O–H groups in total. The second-order valence-electron chi connectivity index (χ2n) is 8.03. The van der Waals surface area contributed by atoms with Crippen LogP contribution in [-0.4, -0.2) is 48.6 Å². The van der Waals surface area contributed by atoms with E-state index in [4.69, 9.17) is 15.8 Å². The molecule has 1 unspecified atom stereocenters. The molecular weight excluding hydrogens is 470 g/mol. The zero-order valence-corrected chi connectivity index (χ0v) is 19.9. The maximum Gasteiger partial charge on any atom is 0.289 e. The van der Waals surface area contributed by atoms with E-state index < -0.39 is 16.7 Å². The van der Waals surface area contributed by atoms with Gasteiger partial charge < -0.3 is 16.2 Å². The highest BCUT2D eigenvalue weighted by Crippen LogP contribution is 2.44. The number of pyridine rings is 1. The predicted molar refractivity (Wildman–Crippen MR) is 134 cm³/mol. The molecule has 5 rings (SSSR count). The number of aromatic nitrogens is 3. The van der Waals surface area contributed by atoms with E-state index in [2.05, 4.69) is 15.3 Å². The number of nitrogens with zero attached hydrogens (tertiary/aromatic N) is 3. The SMILES string of the molecule is Nc1c(S(=O)C2CCC2)sc2nc(-c3cnc(C(=O)NCCO)nc3)cc(-c3ccccc3)c12. The van der Waals surface area contributed by atoms with Gasteiger partial charge in [0.15, 0.2) is 0 Å². The molecule has 1 aromatic carbocycles. The minimum Gasteiger partial charge on any atom is -0.396 e. The number of hydrogen-bond donors (Lipinski definition) is 3. The van der Waals surface area contributed by atoms with Gasteiger partial charge in [0.2, 0.25) is 5.82 Å². The van der Waals surface area contributed by atoms with Crippen molar-refractivity contribution in [3.05, 3.63) is 54.6 Å². The molecule has 1 amide bonds. The third kappa shape index (κ3) is 4.20. The van der Waals surface area contributed by atoms with Crippen molar-refractivity contribution in [3.63, 3.8) is 0 Å². The Morgan fingerprint density at radius 3 is 2.56 bits per heavy atom. The molecule has 0 spiro atoms. The van der Waals surface area contributed by atoms with Gasteiger partial charge in [-0.25, -0.2) is 15.0 Å². The lowest BCUT2D eigenvalue weighted by Gasteiger charge is -2.23. The van der Waals surface area contributed by atoms with Crippen molar-refractivity contribution in [3.8, 4) is 22.4 Å². The molecule has 1 aliphatic carbocycles. The smallest absolute Gasteiger partial charge is 0.289 e. The molecule has 4 aromatic rings. The number of amides is 1. The van der Waals surface area contributed by atoms with Gasteiger partial charge in [0.05, 0.1) is 28.8 Å². The largest absolute Gasteiger partial charge is 0.396 e. The summed E-state index contributed by atoms with van der Waals surface area (Å²) in [6.07, 6.45) is 6.12. The average Bonchev–Trinajstić information content (AvgIpc) is 3.18. The van der Waals surface area contributed by atoms with Gasteiger partial charge in [-0.3, -0.25) is 9.00 Å². The third-order valence-corrected chi connectivity index (χ3v) is 9.13. The summed E-state index contributed by atoms with van der Waals surface area (Å²) >= 11 is 1.38. The van der Waals surface area contributed by atoms with Crippen LogP contribution in [0.4, 0.5) is 5.69 Å². The Morgan fingerprint density at radius 2 is 1.91 bits per heavy atom. The Hall–Kier alpha value is -3.21. The van der Waals surface area contributed by atoms with Crippen LogP contribution >= 0.6 is 11.3 Å². The number of carbonyl (C=O) groups excluding carboxylic acids is 1. The van der Waals surface area contributed by atoms with Crippen LogP contribution in [0, 0.1) is 0 Å². The van der Waals surface area contributed by atoms with Crippen molar-refractivity contribution in [2.24, 2.45) is 0 Å². The van der Waals surface area contributed by atoms with Gasteiger partial charge in [-0.15, -0.1) is 11.3 Å². The number of fused-ring (bicyclic) bond motifs is 1. The van der Waals surface area contributed by atoms with Crippen molar-refractivity contribution >= 4 is 43.9 Å². The molecule has 0 radical (unpaired) electrons. The summed E-state index contributed by atoms with van der Waals surface area (Å²) in [7, 11) is -1.15. The first kappa shape index (κ1) is 22.6. The van der Waals surface area contributed by atoms with E-state index >= 15 is 0 Å². The molecule has 1 saturated carbocycles. The maximum atomic E-state index is 13.1. The fourth-order valence-corrected chi connectivity index (χ4v) is 7.02. The Labute approximate surface area is 202 Å². The van der Waals surface area contributed by atoms with E-state index in [0.717, 1.165) is 35.8 Å². The summed E-state index contributed by atoms with van der Waals surface area (Å²) in [5, 5.41) is 12.4. The number of anilines is 1. The van der Waals surface area contributed by atoms with E-state index in [-0.39, 0.29) is 24.2 Å². The number of nitrogens with two attached hydrogens (primary N) is 1. The molecule has 1 fully saturated rings. The first-order valence-electron chi connectivity index (χ1n) is 11.0. The number of hydrogen-bond acceptors (Lipinski definition) is 8. The quantitative estimate of drug-likeness (QED) is 0.360. The van der Waals surface area contributed by atoms with E-state index in [0.29, 0.717) is 26.0 Å². The second kappa shape index (κ2) is 9.57. The van der Waals surface area contributed by atoms with Gasteiger partial charge in [-0.1, -0.05) is 36.8 Å². The monoisotopic (exact) mass is 493 g/mol. The van der Waals surface area contributed by atoms with Gasteiger partial charge >= 0.3 is 0 Å². The van der Waals surface area contributed by atoms with Crippen molar-refractivity contribution < 1.29 is 14.1 Å². The number of aliphatic hydroxyl groups is 1. The molecule has 0 saturated heterocycles. The summed E-state index contributed by atoms with van der Waals surface area (Å²) in [5.41, 5.74) is 10.3. The minimum absolute atomic E-state index is 0.0140. The molecule has 174 valence electrons. The van der Waals surface area contributed by atoms with Gasteiger partial charge in [-0.2, -0.15) is 0 Å². The van der Waals surface area contributed by atoms with Crippen LogP contribution in [0.2, 0.25) is 0 Å². The van der Waals surface area contributed by atoms with Crippen molar-refractivity contribution in [1.29, 1.82) is 0 Å². The summed E-state index contributed by atoms with van der Waals surface area (Å²) in [5.74, 6) is -0.441. The number of nitrogen functional groups attached to an aromatic ring is 1. The van der Waals surface area contributed by atoms with Crippen LogP contribution in [0.5, 0.6) is 0 Å². The fourth-order valence-electron chi connectivity index (χ4n) is 3.81. The third-order valence-electron chi connectivity index (χ3n) is 5.84. The number of thiophene rings is 1. The Bertz CT molecular complexity index is 1370. The molecule has 0 aliphatic heterocycles. The summed E-state index contributed by atoms with van der Waals surface area (Å²) < 4.78 is 13.8. The van der Waals surface area contributed by atoms with Crippen LogP contribution in [0.15, 0.2) is 53.0 Å². The van der Waals surface area contributed by atoms with Crippen LogP contribution in [0.25, 0.3) is 32.6 Å². The minimum atomic E-state index is -1.15. The summed E-state index contributed by atoms with van der Waals surface area (Å²) in [4.78, 5) is 25.9. The predicted octanol–water partition coefficient (Wildman–Crippen LogP) is 3.38. The molecular formula is C24H23N5O3S2. The fraction of sp³-hybridized carbons (Fsp3) is 0.250.